The van der Waals surface area contributed by atoms with Crippen LogP contribution in [0.3, 0.4) is 0 Å². The SMILES string of the molecule is CS(=O)(=O)O[C@H]1[C@H](OCc2ccccc2)[C@@H](OCc2ccccc2)CO[C@@H]1CBr. The molecule has 1 heterocycles. The van der Waals surface area contributed by atoms with Gasteiger partial charge in [0.15, 0.2) is 0 Å². The Morgan fingerprint density at radius 2 is 1.48 bits per heavy atom. The molecule has 1 aliphatic heterocycles. The lowest BCUT2D eigenvalue weighted by molar-refractivity contribution is -0.209. The zero-order chi connectivity index (χ0) is 20.7. The largest absolute Gasteiger partial charge is 0.372 e. The number of halogens is 1. The minimum atomic E-state index is -3.71. The van der Waals surface area contributed by atoms with Gasteiger partial charge in [-0.1, -0.05) is 76.6 Å². The Kier molecular flexibility index (Phi) is 8.23. The van der Waals surface area contributed by atoms with Crippen molar-refractivity contribution >= 4 is 26.0 Å². The summed E-state index contributed by atoms with van der Waals surface area (Å²) in [4.78, 5) is 0. The summed E-state index contributed by atoms with van der Waals surface area (Å²) in [7, 11) is -3.71. The van der Waals surface area contributed by atoms with Crippen LogP contribution in [-0.4, -0.2) is 51.0 Å². The smallest absolute Gasteiger partial charge is 0.264 e. The molecule has 0 radical (unpaired) electrons. The van der Waals surface area contributed by atoms with Crippen molar-refractivity contribution in [2.75, 3.05) is 18.2 Å². The van der Waals surface area contributed by atoms with Gasteiger partial charge >= 0.3 is 0 Å². The molecule has 158 valence electrons. The number of hydrogen-bond acceptors (Lipinski definition) is 6. The van der Waals surface area contributed by atoms with E-state index in [0.29, 0.717) is 18.5 Å². The zero-order valence-electron chi connectivity index (χ0n) is 16.1. The van der Waals surface area contributed by atoms with E-state index >= 15 is 0 Å². The summed E-state index contributed by atoms with van der Waals surface area (Å²) in [5.41, 5.74) is 1.99. The molecule has 0 aliphatic carbocycles. The van der Waals surface area contributed by atoms with Crippen LogP contribution in [0.15, 0.2) is 60.7 Å². The van der Waals surface area contributed by atoms with Gasteiger partial charge in [0.05, 0.1) is 32.2 Å². The third kappa shape index (κ3) is 6.87. The monoisotopic (exact) mass is 484 g/mol. The first kappa shape index (κ1) is 22.4. The molecule has 2 aromatic carbocycles. The maximum absolute atomic E-state index is 11.9. The fourth-order valence-electron chi connectivity index (χ4n) is 3.17. The molecule has 1 fully saturated rings. The minimum absolute atomic E-state index is 0.284. The van der Waals surface area contributed by atoms with E-state index in [2.05, 4.69) is 15.9 Å². The molecular formula is C21H25BrO6S. The van der Waals surface area contributed by atoms with Gasteiger partial charge in [-0.05, 0) is 11.1 Å². The summed E-state index contributed by atoms with van der Waals surface area (Å²) in [6, 6.07) is 19.4. The first-order valence-electron chi connectivity index (χ1n) is 9.33. The van der Waals surface area contributed by atoms with E-state index in [9.17, 15) is 8.42 Å². The minimum Gasteiger partial charge on any atom is -0.372 e. The van der Waals surface area contributed by atoms with E-state index in [1.165, 1.54) is 0 Å². The molecule has 1 saturated heterocycles. The van der Waals surface area contributed by atoms with Crippen LogP contribution >= 0.6 is 15.9 Å². The first-order chi connectivity index (χ1) is 14.0. The molecule has 8 heteroatoms. The highest BCUT2D eigenvalue weighted by Crippen LogP contribution is 2.27. The molecule has 0 aromatic heterocycles. The highest BCUT2D eigenvalue weighted by Gasteiger charge is 2.44. The number of alkyl halides is 1. The van der Waals surface area contributed by atoms with Gasteiger partial charge in [-0.3, -0.25) is 4.18 Å². The molecule has 2 aromatic rings. The molecule has 1 aliphatic rings. The molecule has 0 amide bonds. The molecule has 29 heavy (non-hydrogen) atoms. The second kappa shape index (κ2) is 10.7. The molecule has 4 atom stereocenters. The van der Waals surface area contributed by atoms with E-state index in [4.69, 9.17) is 18.4 Å². The fourth-order valence-corrected chi connectivity index (χ4v) is 4.36. The van der Waals surface area contributed by atoms with Crippen LogP contribution in [0.25, 0.3) is 0 Å². The normalized spacial score (nSPS) is 25.0. The second-order valence-corrected chi connectivity index (χ2v) is 9.14. The van der Waals surface area contributed by atoms with E-state index in [1.54, 1.807) is 0 Å². The van der Waals surface area contributed by atoms with Gasteiger partial charge in [-0.15, -0.1) is 0 Å². The van der Waals surface area contributed by atoms with Crippen molar-refractivity contribution in [3.05, 3.63) is 71.8 Å². The summed E-state index contributed by atoms with van der Waals surface area (Å²) >= 11 is 3.38. The Morgan fingerprint density at radius 3 is 2.00 bits per heavy atom. The van der Waals surface area contributed by atoms with Crippen molar-refractivity contribution in [2.45, 2.75) is 37.6 Å². The molecule has 0 unspecified atom stereocenters. The predicted octanol–water partition coefficient (Wildman–Crippen LogP) is 3.30. The lowest BCUT2D eigenvalue weighted by atomic mass is 10.0. The van der Waals surface area contributed by atoms with Crippen LogP contribution < -0.4 is 0 Å². The summed E-state index contributed by atoms with van der Waals surface area (Å²) in [6.07, 6.45) is -1.34. The quantitative estimate of drug-likeness (QED) is 0.401. The van der Waals surface area contributed by atoms with Crippen LogP contribution in [0.2, 0.25) is 0 Å². The number of hydrogen-bond donors (Lipinski definition) is 0. The molecule has 3 rings (SSSR count). The summed E-state index contributed by atoms with van der Waals surface area (Å²) in [5, 5.41) is 0.420. The maximum atomic E-state index is 11.9. The highest BCUT2D eigenvalue weighted by atomic mass is 79.9. The average Bonchev–Trinajstić information content (AvgIpc) is 2.72. The van der Waals surface area contributed by atoms with Crippen LogP contribution in [0.1, 0.15) is 11.1 Å². The summed E-state index contributed by atoms with van der Waals surface area (Å²) in [6.45, 7) is 0.964. The Labute approximate surface area is 180 Å². The predicted molar refractivity (Wildman–Crippen MR) is 113 cm³/mol. The average molecular weight is 485 g/mol. The Bertz CT molecular complexity index is 846. The Morgan fingerprint density at radius 1 is 0.931 bits per heavy atom. The van der Waals surface area contributed by atoms with E-state index < -0.39 is 34.5 Å². The molecule has 0 saturated carbocycles. The van der Waals surface area contributed by atoms with Crippen molar-refractivity contribution in [2.24, 2.45) is 0 Å². The maximum Gasteiger partial charge on any atom is 0.264 e. The lowest BCUT2D eigenvalue weighted by Crippen LogP contribution is -2.57. The number of benzene rings is 2. The molecule has 6 nitrogen and oxygen atoms in total. The second-order valence-electron chi connectivity index (χ2n) is 6.89. The fraction of sp³-hybridized carbons (Fsp3) is 0.429. The lowest BCUT2D eigenvalue weighted by Gasteiger charge is -2.41. The van der Waals surface area contributed by atoms with Gasteiger partial charge in [0.2, 0.25) is 0 Å². The van der Waals surface area contributed by atoms with Gasteiger partial charge in [0.25, 0.3) is 10.1 Å². The van der Waals surface area contributed by atoms with Gasteiger partial charge in [0.1, 0.15) is 18.3 Å². The Hall–Kier alpha value is -1.29. The van der Waals surface area contributed by atoms with Crippen LogP contribution in [0.4, 0.5) is 0 Å². The van der Waals surface area contributed by atoms with Crippen LogP contribution in [-0.2, 0) is 41.7 Å². The standard InChI is InChI=1S/C21H25BrO6S/c1-29(23,24)28-21-18(12-22)26-15-19(25-13-16-8-4-2-5-9-16)20(21)27-14-17-10-6-3-7-11-17/h2-11,18-21H,12-15H2,1H3/t18-,19+,20-,21-/m1/s1. The molecule has 0 spiro atoms. The van der Waals surface area contributed by atoms with E-state index in [1.807, 2.05) is 60.7 Å². The van der Waals surface area contributed by atoms with Crippen molar-refractivity contribution in [1.29, 1.82) is 0 Å². The molecule has 0 N–H and O–H groups in total. The van der Waals surface area contributed by atoms with Crippen molar-refractivity contribution in [1.82, 2.24) is 0 Å². The first-order valence-corrected chi connectivity index (χ1v) is 12.3. The highest BCUT2D eigenvalue weighted by molar-refractivity contribution is 9.09. The van der Waals surface area contributed by atoms with Crippen LogP contribution in [0, 0.1) is 0 Å². The van der Waals surface area contributed by atoms with Gasteiger partial charge in [-0.25, -0.2) is 0 Å². The molecule has 0 bridgehead atoms. The Balaban J connectivity index is 1.77. The van der Waals surface area contributed by atoms with Gasteiger partial charge in [0, 0.05) is 5.33 Å². The third-order valence-electron chi connectivity index (χ3n) is 4.56. The van der Waals surface area contributed by atoms with Gasteiger partial charge < -0.3 is 14.2 Å². The number of rotatable bonds is 9. The van der Waals surface area contributed by atoms with Crippen LogP contribution in [0.5, 0.6) is 0 Å². The molecular weight excluding hydrogens is 460 g/mol. The zero-order valence-corrected chi connectivity index (χ0v) is 18.5. The third-order valence-corrected chi connectivity index (χ3v) is 5.77. The number of ether oxygens (including phenoxy) is 3. The van der Waals surface area contributed by atoms with E-state index in [-0.39, 0.29) is 6.61 Å². The topological polar surface area (TPSA) is 71.1 Å². The van der Waals surface area contributed by atoms with Gasteiger partial charge in [-0.2, -0.15) is 8.42 Å². The summed E-state index contributed by atoms with van der Waals surface area (Å²) in [5.74, 6) is 0. The van der Waals surface area contributed by atoms with E-state index in [0.717, 1.165) is 17.4 Å². The van der Waals surface area contributed by atoms with Crippen molar-refractivity contribution < 1.29 is 26.8 Å². The summed E-state index contributed by atoms with van der Waals surface area (Å²) < 4.78 is 47.2. The van der Waals surface area contributed by atoms with Crippen molar-refractivity contribution in [3.8, 4) is 0 Å². The van der Waals surface area contributed by atoms with Crippen molar-refractivity contribution in [3.63, 3.8) is 0 Å².